The van der Waals surface area contributed by atoms with Crippen molar-refractivity contribution in [2.75, 3.05) is 0 Å². The van der Waals surface area contributed by atoms with Gasteiger partial charge in [-0.25, -0.2) is 0 Å². The molecule has 0 bridgehead atoms. The maximum absolute atomic E-state index is 12.6. The summed E-state index contributed by atoms with van der Waals surface area (Å²) in [5, 5.41) is 4.02. The molecule has 8 heteroatoms. The predicted molar refractivity (Wildman–Crippen MR) is 115 cm³/mol. The van der Waals surface area contributed by atoms with Gasteiger partial charge >= 0.3 is 0 Å². The Kier molecular flexibility index (Phi) is 6.13. The molecule has 0 radical (unpaired) electrons. The van der Waals surface area contributed by atoms with Crippen LogP contribution in [0.4, 0.5) is 5.69 Å². The van der Waals surface area contributed by atoms with Crippen LogP contribution in [0.25, 0.3) is 6.08 Å². The SMILES string of the molecule is Cc1ccccc1C(=O)NN1C(=O)/C(=C/C=C/c2ccccc2N=O)SC1=S. The summed E-state index contributed by atoms with van der Waals surface area (Å²) in [6, 6.07) is 13.9. The Morgan fingerprint density at radius 3 is 2.64 bits per heavy atom. The minimum absolute atomic E-state index is 0.238. The third kappa shape index (κ3) is 4.24. The molecule has 1 aliphatic heterocycles. The van der Waals surface area contributed by atoms with Gasteiger partial charge in [0.05, 0.1) is 4.91 Å². The first-order valence-corrected chi connectivity index (χ1v) is 9.47. The number of nitrogens with zero attached hydrogens (tertiary/aromatic N) is 2. The van der Waals surface area contributed by atoms with Crippen molar-refractivity contribution in [3.05, 3.63) is 87.2 Å². The molecule has 0 atom stereocenters. The topological polar surface area (TPSA) is 78.8 Å². The van der Waals surface area contributed by atoms with Crippen LogP contribution in [0.15, 0.2) is 70.8 Å². The average molecular weight is 409 g/mol. The lowest BCUT2D eigenvalue weighted by Crippen LogP contribution is -2.45. The van der Waals surface area contributed by atoms with Gasteiger partial charge in [-0.1, -0.05) is 60.3 Å². The number of hydrogen-bond acceptors (Lipinski definition) is 6. The minimum atomic E-state index is -0.414. The molecule has 140 valence electrons. The molecule has 1 heterocycles. The van der Waals surface area contributed by atoms with E-state index in [1.165, 1.54) is 0 Å². The van der Waals surface area contributed by atoms with E-state index >= 15 is 0 Å². The number of hydrogen-bond donors (Lipinski definition) is 1. The van der Waals surface area contributed by atoms with E-state index in [0.717, 1.165) is 22.3 Å². The molecule has 6 nitrogen and oxygen atoms in total. The molecule has 1 N–H and O–H groups in total. The number of allylic oxidation sites excluding steroid dienone is 2. The molecule has 0 saturated carbocycles. The van der Waals surface area contributed by atoms with Crippen LogP contribution in [0, 0.1) is 11.8 Å². The molecular formula is C20H15N3O3S2. The molecule has 0 unspecified atom stereocenters. The van der Waals surface area contributed by atoms with E-state index < -0.39 is 11.8 Å². The van der Waals surface area contributed by atoms with Crippen molar-refractivity contribution in [1.82, 2.24) is 10.4 Å². The van der Waals surface area contributed by atoms with Crippen molar-refractivity contribution >= 4 is 51.9 Å². The van der Waals surface area contributed by atoms with Crippen molar-refractivity contribution in [1.29, 1.82) is 0 Å². The number of hydrazine groups is 1. The summed E-state index contributed by atoms with van der Waals surface area (Å²) < 4.78 is 0.238. The largest absolute Gasteiger partial charge is 0.285 e. The molecule has 2 aromatic carbocycles. The van der Waals surface area contributed by atoms with E-state index in [4.69, 9.17) is 12.2 Å². The molecule has 28 heavy (non-hydrogen) atoms. The van der Waals surface area contributed by atoms with Crippen LogP contribution < -0.4 is 5.43 Å². The van der Waals surface area contributed by atoms with Crippen LogP contribution in [0.2, 0.25) is 0 Å². The Morgan fingerprint density at radius 1 is 1.18 bits per heavy atom. The van der Waals surface area contributed by atoms with E-state index in [1.54, 1.807) is 54.6 Å². The van der Waals surface area contributed by atoms with Gasteiger partial charge in [-0.2, -0.15) is 5.01 Å². The number of carbonyl (C=O) groups is 2. The Labute approximate surface area is 171 Å². The Bertz CT molecular complexity index is 1030. The van der Waals surface area contributed by atoms with Gasteiger partial charge in [0, 0.05) is 11.1 Å². The summed E-state index contributed by atoms with van der Waals surface area (Å²) in [6.45, 7) is 1.82. The molecule has 1 saturated heterocycles. The first-order valence-electron chi connectivity index (χ1n) is 8.25. The summed E-state index contributed by atoms with van der Waals surface area (Å²) >= 11 is 6.30. The number of amides is 2. The summed E-state index contributed by atoms with van der Waals surface area (Å²) in [5.74, 6) is -0.819. The number of rotatable bonds is 5. The fourth-order valence-corrected chi connectivity index (χ4v) is 3.65. The van der Waals surface area contributed by atoms with Gasteiger partial charge in [-0.05, 0) is 48.1 Å². The summed E-state index contributed by atoms with van der Waals surface area (Å²) in [6.07, 6.45) is 4.90. The van der Waals surface area contributed by atoms with Gasteiger partial charge in [0.25, 0.3) is 11.8 Å². The zero-order chi connectivity index (χ0) is 20.1. The summed E-state index contributed by atoms with van der Waals surface area (Å²) in [7, 11) is 0. The zero-order valence-electron chi connectivity index (χ0n) is 14.8. The summed E-state index contributed by atoms with van der Waals surface area (Å²) in [4.78, 5) is 36.2. The Morgan fingerprint density at radius 2 is 1.89 bits per heavy atom. The highest BCUT2D eigenvalue weighted by molar-refractivity contribution is 8.26. The van der Waals surface area contributed by atoms with E-state index in [0.29, 0.717) is 21.7 Å². The highest BCUT2D eigenvalue weighted by Crippen LogP contribution is 2.30. The third-order valence-corrected chi connectivity index (χ3v) is 5.28. The standard InChI is InChI=1S/C20H15N3O3S2/c1-13-7-2-4-10-15(13)18(24)21-23-19(25)17(28-20(23)27)12-6-9-14-8-3-5-11-16(14)22-26/h2-12H,1H3,(H,21,24)/b9-6+,17-12-. The normalized spacial score (nSPS) is 15.5. The first kappa shape index (κ1) is 19.7. The Balaban J connectivity index is 1.73. The quantitative estimate of drug-likeness (QED) is 0.447. The number of aryl methyl sites for hydroxylation is 1. The third-order valence-electron chi connectivity index (χ3n) is 3.96. The predicted octanol–water partition coefficient (Wildman–Crippen LogP) is 4.50. The Hall–Kier alpha value is -3.10. The number of carbonyl (C=O) groups excluding carboxylic acids is 2. The number of nitrogens with one attached hydrogen (secondary N) is 1. The van der Waals surface area contributed by atoms with E-state index in [1.807, 2.05) is 19.1 Å². The maximum atomic E-state index is 12.6. The van der Waals surface area contributed by atoms with Gasteiger partial charge in [0.2, 0.25) is 0 Å². The number of thioether (sulfide) groups is 1. The van der Waals surface area contributed by atoms with Crippen LogP contribution in [-0.4, -0.2) is 21.1 Å². The number of thiocarbonyl (C=S) groups is 1. The first-order chi connectivity index (χ1) is 13.5. The highest BCUT2D eigenvalue weighted by atomic mass is 32.2. The number of benzene rings is 2. The monoisotopic (exact) mass is 409 g/mol. The van der Waals surface area contributed by atoms with Crippen LogP contribution in [0.5, 0.6) is 0 Å². The van der Waals surface area contributed by atoms with E-state index in [-0.39, 0.29) is 4.32 Å². The molecule has 2 aromatic rings. The van der Waals surface area contributed by atoms with E-state index in [2.05, 4.69) is 10.6 Å². The average Bonchev–Trinajstić information content (AvgIpc) is 2.96. The second-order valence-corrected chi connectivity index (χ2v) is 7.48. The second-order valence-electron chi connectivity index (χ2n) is 5.80. The van der Waals surface area contributed by atoms with Crippen LogP contribution >= 0.6 is 24.0 Å². The van der Waals surface area contributed by atoms with Crippen LogP contribution in [-0.2, 0) is 4.79 Å². The highest BCUT2D eigenvalue weighted by Gasteiger charge is 2.33. The fourth-order valence-electron chi connectivity index (χ4n) is 2.52. The zero-order valence-corrected chi connectivity index (χ0v) is 16.4. The number of nitroso groups, excluding NO2 is 1. The van der Waals surface area contributed by atoms with E-state index in [9.17, 15) is 14.5 Å². The van der Waals surface area contributed by atoms with Gasteiger partial charge < -0.3 is 0 Å². The van der Waals surface area contributed by atoms with Gasteiger partial charge in [-0.3, -0.25) is 15.0 Å². The molecule has 1 fully saturated rings. The maximum Gasteiger partial charge on any atom is 0.285 e. The molecule has 2 amide bonds. The van der Waals surface area contributed by atoms with Crippen molar-refractivity contribution in [2.24, 2.45) is 5.18 Å². The van der Waals surface area contributed by atoms with Crippen molar-refractivity contribution in [3.8, 4) is 0 Å². The van der Waals surface area contributed by atoms with Gasteiger partial charge in [0.15, 0.2) is 4.32 Å². The van der Waals surface area contributed by atoms with Gasteiger partial charge in [0.1, 0.15) is 5.69 Å². The molecule has 0 aromatic heterocycles. The van der Waals surface area contributed by atoms with Crippen LogP contribution in [0.3, 0.4) is 0 Å². The molecule has 0 spiro atoms. The lowest BCUT2D eigenvalue weighted by atomic mass is 10.1. The van der Waals surface area contributed by atoms with Crippen LogP contribution in [0.1, 0.15) is 21.5 Å². The summed E-state index contributed by atoms with van der Waals surface area (Å²) in [5.41, 5.74) is 4.77. The lowest BCUT2D eigenvalue weighted by molar-refractivity contribution is -0.123. The second kappa shape index (κ2) is 8.73. The molecule has 3 rings (SSSR count). The van der Waals surface area contributed by atoms with Crippen molar-refractivity contribution in [2.45, 2.75) is 6.92 Å². The molecular weight excluding hydrogens is 394 g/mol. The van der Waals surface area contributed by atoms with Gasteiger partial charge in [-0.15, -0.1) is 4.91 Å². The lowest BCUT2D eigenvalue weighted by Gasteiger charge is -2.16. The van der Waals surface area contributed by atoms with Crippen molar-refractivity contribution in [3.63, 3.8) is 0 Å². The smallest absolute Gasteiger partial charge is 0.267 e. The molecule has 1 aliphatic rings. The molecule has 0 aliphatic carbocycles. The minimum Gasteiger partial charge on any atom is -0.267 e. The van der Waals surface area contributed by atoms with Crippen molar-refractivity contribution < 1.29 is 9.59 Å². The fraction of sp³-hybridized carbons (Fsp3) is 0.0500.